The third kappa shape index (κ3) is 28.9. The molecule has 0 saturated carbocycles. The first-order chi connectivity index (χ1) is 65.8. The topological polar surface area (TPSA) is 643 Å². The Morgan fingerprint density at radius 2 is 1.12 bits per heavy atom. The molecule has 17 amide bonds. The molecule has 10 rings (SSSR count). The number of carbonyl (C=O) groups is 18. The Morgan fingerprint density at radius 3 is 1.72 bits per heavy atom. The van der Waals surface area contributed by atoms with E-state index in [9.17, 15) is 63.3 Å². The summed E-state index contributed by atoms with van der Waals surface area (Å²) in [6.07, 6.45) is 0.861. The number of nitrogens with two attached hydrogens (primary N) is 3. The minimum absolute atomic E-state index is 0.000366. The summed E-state index contributed by atoms with van der Waals surface area (Å²) in [4.78, 5) is 283. The molecular weight excluding hydrogens is 1810 g/mol. The maximum Gasteiger partial charge on any atom is 0.303 e. The van der Waals surface area contributed by atoms with Crippen LogP contribution in [-0.4, -0.2) is 309 Å². The highest BCUT2D eigenvalue weighted by molar-refractivity contribution is 8.00. The van der Waals surface area contributed by atoms with Crippen molar-refractivity contribution >= 4 is 140 Å². The lowest BCUT2D eigenvalue weighted by Gasteiger charge is -2.37. The van der Waals surface area contributed by atoms with Crippen LogP contribution in [0.4, 0.5) is 0 Å². The number of para-hydroxylation sites is 2. The van der Waals surface area contributed by atoms with Gasteiger partial charge in [-0.2, -0.15) is 0 Å². The highest BCUT2D eigenvalue weighted by Crippen LogP contribution is 2.28. The zero-order chi connectivity index (χ0) is 100. The molecule has 44 heteroatoms. The van der Waals surface area contributed by atoms with Gasteiger partial charge in [0.05, 0.1) is 31.1 Å². The van der Waals surface area contributed by atoms with Crippen LogP contribution in [0.15, 0.2) is 128 Å². The first-order valence-corrected chi connectivity index (χ1v) is 47.0. The lowest BCUT2D eigenvalue weighted by molar-refractivity contribution is -0.150. The molecule has 3 aliphatic heterocycles. The summed E-state index contributed by atoms with van der Waals surface area (Å²) >= 11 is 0.782. The quantitative estimate of drug-likeness (QED) is 0.0307. The van der Waals surface area contributed by atoms with E-state index in [2.05, 4.69) is 73.1 Å². The van der Waals surface area contributed by atoms with E-state index in [1.54, 1.807) is 105 Å². The molecule has 3 fully saturated rings. The van der Waals surface area contributed by atoms with E-state index in [1.807, 2.05) is 6.92 Å². The minimum Gasteiger partial charge on any atom is -0.508 e. The third-order valence-electron chi connectivity index (χ3n) is 24.6. The molecule has 742 valence electrons. The molecule has 22 N–H and O–H groups in total. The molecule has 0 spiro atoms. The van der Waals surface area contributed by atoms with Crippen LogP contribution in [-0.2, 0) is 119 Å². The van der Waals surface area contributed by atoms with Gasteiger partial charge in [0, 0.05) is 124 Å². The fourth-order valence-electron chi connectivity index (χ4n) is 17.1. The number of aromatic amines is 3. The van der Waals surface area contributed by atoms with E-state index in [4.69, 9.17) is 17.2 Å². The molecule has 138 heavy (non-hydrogen) atoms. The number of carboxylic acid groups (broad SMARTS) is 1. The Morgan fingerprint density at radius 1 is 0.551 bits per heavy atom. The number of benzene rings is 4. The number of likely N-dealkylation sites (N-methyl/N-ethyl adjacent to an activating group) is 2. The van der Waals surface area contributed by atoms with Gasteiger partial charge in [-0.25, -0.2) is 4.98 Å². The van der Waals surface area contributed by atoms with Gasteiger partial charge in [0.1, 0.15) is 90.3 Å². The molecular formula is C94H124N22O21S. The number of unbranched alkanes of at least 4 members (excludes halogenated alkanes) is 1. The standard InChI is InChI=1S/C94H124N22O21S/c1-8-9-24-74-87(130)106-67(35-51(2)3)84(127)111-73(82(125)101-45-78(97)120)48-138-49-79(121)103-70(36-54-26-28-59(117)29-27-54)91(134)112(6)52(4)81(124)109-72(41-77(96)119)93(136)114-34-17-25-75(114)88(131)108-69(39-58-44-98-50-102-58)86(129)105-66(30-31-80(122)123)92(135)116-47-60(118)40-76(116)89(132)107-68(37-56-42-99-63-22-15-13-20-61(56)63)85(128)104-65(32-33-95)83(126)110-71(38-57-43-100-64-23-16-14-21-62(57)64)94(137)115(53(5)90(133)113(74)7)46-55-18-11-10-12-19-55/h10-16,18-23,26-29,42-44,50-53,60,65-76,99-100,117-118H,8-9,17,24-25,30-41,45-49,95H2,1-7H3,(H2,96,119)(H2,97,120)(H,98,102)(H,101,125)(H,103,121)(H,104,128)(H,105,129)(H,106,130)(H,107,132)(H,108,131)(H,109,124)(H,110,126)(H,111,127)(H,122,123)/t52-,53-,60+,65-,66-,67-,68-,69-,70-,71-,72-,73-,74-,75-,76-/m0/s1. The van der Waals surface area contributed by atoms with Gasteiger partial charge in [0.25, 0.3) is 0 Å². The maximum absolute atomic E-state index is 16.3. The Hall–Kier alpha value is -14.3. The molecule has 0 aliphatic carbocycles. The van der Waals surface area contributed by atoms with E-state index in [-0.39, 0.29) is 88.4 Å². The Kier molecular flexibility index (Phi) is 38.3. The Labute approximate surface area is 800 Å². The molecule has 3 saturated heterocycles. The summed E-state index contributed by atoms with van der Waals surface area (Å²) in [5, 5.41) is 59.7. The van der Waals surface area contributed by atoms with E-state index < -0.39 is 254 Å². The lowest BCUT2D eigenvalue weighted by atomic mass is 10.00. The van der Waals surface area contributed by atoms with Crippen molar-refractivity contribution in [3.05, 3.63) is 156 Å². The van der Waals surface area contributed by atoms with Gasteiger partial charge in [0.15, 0.2) is 0 Å². The van der Waals surface area contributed by atoms with Crippen molar-refractivity contribution in [1.29, 1.82) is 0 Å². The largest absolute Gasteiger partial charge is 0.508 e. The van der Waals surface area contributed by atoms with Gasteiger partial charge in [-0.1, -0.05) is 112 Å². The number of aromatic hydroxyl groups is 1. The number of aromatic nitrogens is 4. The monoisotopic (exact) mass is 1930 g/mol. The highest BCUT2D eigenvalue weighted by atomic mass is 32.2. The van der Waals surface area contributed by atoms with E-state index in [1.165, 1.54) is 69.6 Å². The lowest BCUT2D eigenvalue weighted by Crippen LogP contribution is -2.61. The summed E-state index contributed by atoms with van der Waals surface area (Å²) in [6, 6.07) is 5.94. The number of primary amides is 2. The number of phenols is 1. The predicted molar refractivity (Wildman–Crippen MR) is 504 cm³/mol. The zero-order valence-electron chi connectivity index (χ0n) is 77.9. The molecule has 6 heterocycles. The molecule has 15 atom stereocenters. The number of H-pyrrole nitrogens is 3. The van der Waals surface area contributed by atoms with Crippen LogP contribution in [0, 0.1) is 5.92 Å². The number of imidazole rings is 1. The van der Waals surface area contributed by atoms with Crippen LogP contribution < -0.4 is 70.4 Å². The van der Waals surface area contributed by atoms with Crippen molar-refractivity contribution < 1.29 is 102 Å². The Balaban J connectivity index is 1.04. The minimum atomic E-state index is -1.84. The van der Waals surface area contributed by atoms with Gasteiger partial charge >= 0.3 is 5.97 Å². The fourth-order valence-corrected chi connectivity index (χ4v) is 17.9. The van der Waals surface area contributed by atoms with Crippen molar-refractivity contribution in [3.8, 4) is 5.75 Å². The molecule has 4 aromatic carbocycles. The van der Waals surface area contributed by atoms with Gasteiger partial charge in [-0.05, 0) is 111 Å². The van der Waals surface area contributed by atoms with Crippen molar-refractivity contribution in [2.24, 2.45) is 23.1 Å². The average Bonchev–Trinajstić information content (AvgIpc) is 1.76. The van der Waals surface area contributed by atoms with Crippen LogP contribution in [0.25, 0.3) is 21.8 Å². The van der Waals surface area contributed by atoms with Crippen molar-refractivity contribution in [2.75, 3.05) is 51.8 Å². The van der Waals surface area contributed by atoms with E-state index in [0.717, 1.165) is 31.4 Å². The second-order valence-electron chi connectivity index (χ2n) is 35.3. The summed E-state index contributed by atoms with van der Waals surface area (Å²) in [7, 11) is 2.56. The number of aliphatic hydroxyl groups excluding tert-OH is 1. The van der Waals surface area contributed by atoms with Crippen LogP contribution in [0.3, 0.4) is 0 Å². The van der Waals surface area contributed by atoms with Crippen molar-refractivity contribution in [1.82, 2.24) is 97.6 Å². The number of carbonyl (C=O) groups excluding carboxylic acids is 17. The highest BCUT2D eigenvalue weighted by Gasteiger charge is 2.47. The van der Waals surface area contributed by atoms with Gasteiger partial charge in [-0.15, -0.1) is 11.8 Å². The molecule has 7 aromatic rings. The molecule has 3 aromatic heterocycles. The molecule has 0 unspecified atom stereocenters. The first-order valence-electron chi connectivity index (χ1n) is 45.9. The zero-order valence-corrected chi connectivity index (χ0v) is 78.7. The maximum atomic E-state index is 16.3. The third-order valence-corrected chi connectivity index (χ3v) is 25.7. The van der Waals surface area contributed by atoms with Crippen LogP contribution >= 0.6 is 11.8 Å². The average molecular weight is 1930 g/mol. The smallest absolute Gasteiger partial charge is 0.303 e. The fraction of sp³-hybridized carbons (Fsp3) is 0.479. The summed E-state index contributed by atoms with van der Waals surface area (Å²) in [5.74, 6) is -19.3. The predicted octanol–water partition coefficient (Wildman–Crippen LogP) is -1.57. The number of nitrogens with one attached hydrogen (secondary N) is 13. The number of aliphatic hydroxyl groups is 1. The molecule has 43 nitrogen and oxygen atoms in total. The van der Waals surface area contributed by atoms with Crippen molar-refractivity contribution in [3.63, 3.8) is 0 Å². The number of nitrogens with zero attached hydrogens (tertiary/aromatic N) is 6. The number of fused-ring (bicyclic) bond motifs is 4. The van der Waals surface area contributed by atoms with Crippen LogP contribution in [0.2, 0.25) is 0 Å². The van der Waals surface area contributed by atoms with Gasteiger partial charge in [0.2, 0.25) is 100 Å². The number of phenolic OH excluding ortho intramolecular Hbond substituents is 1. The summed E-state index contributed by atoms with van der Waals surface area (Å²) in [5.41, 5.74) is 20.9. The Bertz CT molecular complexity index is 5520. The summed E-state index contributed by atoms with van der Waals surface area (Å²) in [6.45, 7) is 6.05. The van der Waals surface area contributed by atoms with Crippen LogP contribution in [0.5, 0.6) is 5.75 Å². The number of amides is 17. The number of thioether (sulfide) groups is 1. The van der Waals surface area contributed by atoms with Crippen LogP contribution in [0.1, 0.15) is 133 Å². The second-order valence-corrected chi connectivity index (χ2v) is 36.4. The molecule has 3 aliphatic rings. The number of hydrogen-bond acceptors (Lipinski definition) is 23. The van der Waals surface area contributed by atoms with E-state index >= 15 is 38.4 Å². The van der Waals surface area contributed by atoms with Gasteiger partial charge < -0.3 is 125 Å². The normalized spacial score (nSPS) is 24.5. The summed E-state index contributed by atoms with van der Waals surface area (Å²) < 4.78 is 0. The number of hydrogen-bond donors (Lipinski definition) is 19. The van der Waals surface area contributed by atoms with E-state index in [0.29, 0.717) is 56.9 Å². The first kappa shape index (κ1) is 106. The molecule has 0 bridgehead atoms. The molecule has 0 radical (unpaired) electrons. The van der Waals surface area contributed by atoms with Crippen molar-refractivity contribution in [2.45, 2.75) is 228 Å². The number of rotatable bonds is 25. The second kappa shape index (κ2) is 50.0. The number of carboxylic acids is 1. The van der Waals surface area contributed by atoms with Gasteiger partial charge in [-0.3, -0.25) is 86.3 Å². The number of aliphatic carboxylic acids is 1. The SMILES string of the molecule is CCCC[C@H]1C(=O)N[C@@H](CC(C)C)C(=O)N[C@H](C(=O)NCC(N)=O)CSCC(=O)N[C@@H](Cc2ccc(O)cc2)C(=O)N(C)[C@@H](C)C(=O)N[C@@H](CC(N)=O)C(=O)N2CCC[C@H]2C(=O)N[C@@H](Cc2cnc[nH]2)C(=O)N[C@@H](CCC(=O)O)C(=O)N2C[C@H](O)C[C@H]2C(=O)N[C@@H](Cc2c[nH]c3ccccc23)C(=O)N[C@@H](CCN)C(=O)N[C@@H](Cc2c[nH]c3ccccc23)C(=O)N(Cc2ccccc2)[C@@H](C)C(=O)N1C.